The van der Waals surface area contributed by atoms with Crippen molar-refractivity contribution in [2.45, 2.75) is 5.16 Å². The molecule has 2 aromatic carbocycles. The monoisotopic (exact) mass is 431 g/mol. The van der Waals surface area contributed by atoms with Crippen LogP contribution in [-0.4, -0.2) is 41.5 Å². The second kappa shape index (κ2) is 7.02. The maximum atomic E-state index is 14.8. The first-order chi connectivity index (χ1) is 14.2. The van der Waals surface area contributed by atoms with E-state index in [9.17, 15) is 17.2 Å². The molecule has 8 nitrogen and oxygen atoms in total. The topological polar surface area (TPSA) is 113 Å². The van der Waals surface area contributed by atoms with Crippen LogP contribution in [0.3, 0.4) is 0 Å². The highest BCUT2D eigenvalue weighted by Crippen LogP contribution is 2.35. The van der Waals surface area contributed by atoms with Crippen LogP contribution in [0.25, 0.3) is 28.0 Å². The Morgan fingerprint density at radius 3 is 2.50 bits per heavy atom. The van der Waals surface area contributed by atoms with Gasteiger partial charge in [0, 0.05) is 17.9 Å². The third-order valence-electron chi connectivity index (χ3n) is 4.36. The van der Waals surface area contributed by atoms with Crippen LogP contribution in [0, 0.1) is 11.6 Å². The number of fused-ring (bicyclic) bond motifs is 1. The Hall–Kier alpha value is -3.60. The maximum absolute atomic E-state index is 14.8. The van der Waals surface area contributed by atoms with Crippen molar-refractivity contribution in [1.82, 2.24) is 19.7 Å². The summed E-state index contributed by atoms with van der Waals surface area (Å²) in [4.78, 5) is 8.03. The molecule has 0 aliphatic carbocycles. The van der Waals surface area contributed by atoms with Gasteiger partial charge in [0.05, 0.1) is 23.9 Å². The number of aromatic nitrogens is 4. The molecule has 0 saturated heterocycles. The fourth-order valence-electron chi connectivity index (χ4n) is 2.97. The van der Waals surface area contributed by atoms with E-state index in [0.717, 1.165) is 12.3 Å². The van der Waals surface area contributed by atoms with Gasteiger partial charge in [-0.1, -0.05) is 6.07 Å². The van der Waals surface area contributed by atoms with Crippen LogP contribution < -0.4 is 10.5 Å². The summed E-state index contributed by atoms with van der Waals surface area (Å²) in [5, 5.41) is 3.81. The Balaban J connectivity index is 2.08. The molecule has 0 bridgehead atoms. The smallest absolute Gasteiger partial charge is 0.249 e. The number of nitrogens with zero attached hydrogens (tertiary/aromatic N) is 4. The number of rotatable bonds is 4. The van der Waals surface area contributed by atoms with Gasteiger partial charge in [0.25, 0.3) is 0 Å². The van der Waals surface area contributed by atoms with Crippen LogP contribution >= 0.6 is 0 Å². The highest BCUT2D eigenvalue weighted by Gasteiger charge is 2.24. The van der Waals surface area contributed by atoms with Gasteiger partial charge >= 0.3 is 0 Å². The van der Waals surface area contributed by atoms with E-state index in [4.69, 9.17) is 10.5 Å². The zero-order valence-electron chi connectivity index (χ0n) is 15.8. The molecule has 0 aliphatic rings. The zero-order valence-corrected chi connectivity index (χ0v) is 16.6. The Bertz CT molecular complexity index is 1400. The standard InChI is InChI=1S/C19H15F2N5O3S/c1-29-12-6-7-13(14(21)9-12)16-15-17(22)26(11-5-3-4-10(20)8-11)25-18(15)24-19(23-16)30(2,27)28/h3-9H,22H2,1-2H3. The summed E-state index contributed by atoms with van der Waals surface area (Å²) in [6.07, 6.45) is 0.926. The minimum absolute atomic E-state index is 0.000805. The summed E-state index contributed by atoms with van der Waals surface area (Å²) in [6, 6.07) is 9.50. The fourth-order valence-corrected chi connectivity index (χ4v) is 3.48. The van der Waals surface area contributed by atoms with Crippen molar-refractivity contribution in [3.05, 3.63) is 54.1 Å². The summed E-state index contributed by atoms with van der Waals surface area (Å²) in [6.45, 7) is 0. The van der Waals surface area contributed by atoms with Gasteiger partial charge in [-0.25, -0.2) is 26.9 Å². The van der Waals surface area contributed by atoms with Gasteiger partial charge in [0.15, 0.2) is 5.65 Å². The Labute approximate surface area is 169 Å². The highest BCUT2D eigenvalue weighted by molar-refractivity contribution is 7.90. The van der Waals surface area contributed by atoms with Crippen molar-refractivity contribution in [3.63, 3.8) is 0 Å². The molecule has 0 saturated carbocycles. The quantitative estimate of drug-likeness (QED) is 0.494. The number of halogens is 2. The molecule has 0 aliphatic heterocycles. The molecule has 30 heavy (non-hydrogen) atoms. The van der Waals surface area contributed by atoms with Gasteiger partial charge in [-0.15, -0.1) is 5.10 Å². The van der Waals surface area contributed by atoms with Crippen molar-refractivity contribution in [3.8, 4) is 22.7 Å². The van der Waals surface area contributed by atoms with Gasteiger partial charge in [-0.05, 0) is 30.3 Å². The molecule has 4 aromatic rings. The van der Waals surface area contributed by atoms with Crippen molar-refractivity contribution in [2.75, 3.05) is 19.1 Å². The minimum atomic E-state index is -3.84. The molecule has 0 atom stereocenters. The largest absolute Gasteiger partial charge is 0.497 e. The van der Waals surface area contributed by atoms with Crippen molar-refractivity contribution in [1.29, 1.82) is 0 Å². The second-order valence-corrected chi connectivity index (χ2v) is 8.36. The SMILES string of the molecule is COc1ccc(-c2nc(S(C)(=O)=O)nc3nn(-c4cccc(F)c4)c(N)c23)c(F)c1. The molecule has 2 aromatic heterocycles. The number of benzene rings is 2. The molecule has 0 radical (unpaired) electrons. The van der Waals surface area contributed by atoms with Gasteiger partial charge < -0.3 is 10.5 Å². The Morgan fingerprint density at radius 2 is 1.87 bits per heavy atom. The number of hydrogen-bond donors (Lipinski definition) is 1. The molecule has 0 amide bonds. The lowest BCUT2D eigenvalue weighted by atomic mass is 10.1. The number of nitrogens with two attached hydrogens (primary N) is 1. The summed E-state index contributed by atoms with van der Waals surface area (Å²) >= 11 is 0. The molecular formula is C19H15F2N5O3S. The van der Waals surface area contributed by atoms with Crippen molar-refractivity contribution in [2.24, 2.45) is 0 Å². The summed E-state index contributed by atoms with van der Waals surface area (Å²) in [7, 11) is -2.46. The summed E-state index contributed by atoms with van der Waals surface area (Å²) in [5.41, 5.74) is 6.37. The number of nitrogen functional groups attached to an aromatic ring is 1. The lowest BCUT2D eigenvalue weighted by Gasteiger charge is -2.08. The lowest BCUT2D eigenvalue weighted by Crippen LogP contribution is -2.06. The van der Waals surface area contributed by atoms with E-state index in [2.05, 4.69) is 15.1 Å². The number of ether oxygens (including phenoxy) is 1. The predicted molar refractivity (Wildman–Crippen MR) is 106 cm³/mol. The van der Waals surface area contributed by atoms with E-state index in [-0.39, 0.29) is 39.5 Å². The average molecular weight is 431 g/mol. The third kappa shape index (κ3) is 3.32. The van der Waals surface area contributed by atoms with Crippen LogP contribution in [0.2, 0.25) is 0 Å². The molecule has 0 spiro atoms. The molecule has 2 heterocycles. The van der Waals surface area contributed by atoms with Crippen LogP contribution in [0.15, 0.2) is 47.6 Å². The summed E-state index contributed by atoms with van der Waals surface area (Å²) < 4.78 is 58.9. The molecule has 11 heteroatoms. The van der Waals surface area contributed by atoms with E-state index < -0.39 is 26.6 Å². The van der Waals surface area contributed by atoms with Gasteiger partial charge in [0.2, 0.25) is 15.0 Å². The normalized spacial score (nSPS) is 11.7. The molecule has 154 valence electrons. The Morgan fingerprint density at radius 1 is 1.10 bits per heavy atom. The first kappa shape index (κ1) is 19.7. The minimum Gasteiger partial charge on any atom is -0.497 e. The van der Waals surface area contributed by atoms with Crippen LogP contribution in [-0.2, 0) is 9.84 Å². The second-order valence-electron chi connectivity index (χ2n) is 6.45. The molecule has 0 fully saturated rings. The third-order valence-corrected chi connectivity index (χ3v) is 5.21. The molecule has 2 N–H and O–H groups in total. The van der Waals surface area contributed by atoms with E-state index in [1.54, 1.807) is 6.07 Å². The van der Waals surface area contributed by atoms with Gasteiger partial charge in [-0.2, -0.15) is 4.98 Å². The number of hydrogen-bond acceptors (Lipinski definition) is 7. The summed E-state index contributed by atoms with van der Waals surface area (Å²) in [5.74, 6) is -0.948. The van der Waals surface area contributed by atoms with Gasteiger partial charge in [0.1, 0.15) is 23.2 Å². The zero-order chi connectivity index (χ0) is 21.6. The highest BCUT2D eigenvalue weighted by atomic mass is 32.2. The Kier molecular flexibility index (Phi) is 4.61. The molecule has 0 unspecified atom stereocenters. The molecule has 4 rings (SSSR count). The lowest BCUT2D eigenvalue weighted by molar-refractivity contribution is 0.411. The molecular weight excluding hydrogens is 416 g/mol. The van der Waals surface area contributed by atoms with Crippen LogP contribution in [0.4, 0.5) is 14.6 Å². The van der Waals surface area contributed by atoms with E-state index >= 15 is 0 Å². The van der Waals surface area contributed by atoms with Crippen molar-refractivity contribution >= 4 is 26.7 Å². The first-order valence-corrected chi connectivity index (χ1v) is 10.4. The number of sulfone groups is 1. The average Bonchev–Trinajstić information content (AvgIpc) is 3.03. The van der Waals surface area contributed by atoms with Crippen molar-refractivity contribution < 1.29 is 21.9 Å². The van der Waals surface area contributed by atoms with E-state index in [0.29, 0.717) is 0 Å². The fraction of sp³-hybridized carbons (Fsp3) is 0.105. The predicted octanol–water partition coefficient (Wildman–Crippen LogP) is 2.75. The maximum Gasteiger partial charge on any atom is 0.249 e. The van der Waals surface area contributed by atoms with E-state index in [1.165, 1.54) is 42.1 Å². The number of methoxy groups -OCH3 is 1. The van der Waals surface area contributed by atoms with Crippen LogP contribution in [0.5, 0.6) is 5.75 Å². The number of anilines is 1. The first-order valence-electron chi connectivity index (χ1n) is 8.55. The van der Waals surface area contributed by atoms with Crippen LogP contribution in [0.1, 0.15) is 0 Å². The van der Waals surface area contributed by atoms with E-state index in [1.807, 2.05) is 0 Å². The van der Waals surface area contributed by atoms with Gasteiger partial charge in [-0.3, -0.25) is 0 Å².